The molecule has 0 spiro atoms. The highest BCUT2D eigenvalue weighted by molar-refractivity contribution is 6.09. The number of carboxylic acid groups (broad SMARTS) is 1. The molecule has 2 aromatic rings. The molecular formula is C18H13N3O6. The van der Waals surface area contributed by atoms with Crippen molar-refractivity contribution in [2.45, 2.75) is 0 Å². The number of amides is 1. The molecule has 0 aliphatic carbocycles. The molecule has 0 radical (unpaired) electrons. The van der Waals surface area contributed by atoms with Crippen LogP contribution in [0.2, 0.25) is 0 Å². The van der Waals surface area contributed by atoms with E-state index in [0.29, 0.717) is 5.56 Å². The van der Waals surface area contributed by atoms with Crippen molar-refractivity contribution < 1.29 is 24.4 Å². The van der Waals surface area contributed by atoms with Crippen LogP contribution in [0.5, 0.6) is 5.75 Å². The predicted octanol–water partition coefficient (Wildman–Crippen LogP) is 2.60. The first-order chi connectivity index (χ1) is 12.9. The van der Waals surface area contributed by atoms with Gasteiger partial charge in [-0.25, -0.2) is 4.79 Å². The predicted molar refractivity (Wildman–Crippen MR) is 94.9 cm³/mol. The van der Waals surface area contributed by atoms with Crippen molar-refractivity contribution in [2.75, 3.05) is 11.9 Å². The Hall–Kier alpha value is -4.19. The van der Waals surface area contributed by atoms with Gasteiger partial charge in [-0.3, -0.25) is 14.9 Å². The van der Waals surface area contributed by atoms with Crippen molar-refractivity contribution >= 4 is 29.3 Å². The van der Waals surface area contributed by atoms with E-state index in [4.69, 9.17) is 9.84 Å². The van der Waals surface area contributed by atoms with E-state index in [-0.39, 0.29) is 22.7 Å². The third kappa shape index (κ3) is 5.68. The summed E-state index contributed by atoms with van der Waals surface area (Å²) in [6.07, 6.45) is 1.29. The smallest absolute Gasteiger partial charge is 0.341 e. The third-order valence-corrected chi connectivity index (χ3v) is 3.21. The SMILES string of the molecule is N#C/C(=C\c1cccc(OCC(=O)O)c1)C(=O)Nc1cccc([N+](=O)[O-])c1. The van der Waals surface area contributed by atoms with Gasteiger partial charge >= 0.3 is 5.97 Å². The topological polar surface area (TPSA) is 143 Å². The van der Waals surface area contributed by atoms with Gasteiger partial charge in [-0.2, -0.15) is 5.26 Å². The minimum absolute atomic E-state index is 0.175. The van der Waals surface area contributed by atoms with Crippen LogP contribution in [-0.2, 0) is 9.59 Å². The van der Waals surface area contributed by atoms with Gasteiger partial charge in [0, 0.05) is 17.8 Å². The van der Waals surface area contributed by atoms with Crippen LogP contribution in [0.25, 0.3) is 6.08 Å². The van der Waals surface area contributed by atoms with E-state index in [2.05, 4.69) is 5.32 Å². The van der Waals surface area contributed by atoms with Crippen LogP contribution in [0.3, 0.4) is 0 Å². The first kappa shape index (κ1) is 19.1. The molecule has 1 amide bonds. The van der Waals surface area contributed by atoms with Gasteiger partial charge in [-0.1, -0.05) is 18.2 Å². The van der Waals surface area contributed by atoms with Crippen molar-refractivity contribution in [1.29, 1.82) is 5.26 Å². The molecule has 9 heteroatoms. The highest BCUT2D eigenvalue weighted by Gasteiger charge is 2.12. The van der Waals surface area contributed by atoms with Crippen molar-refractivity contribution in [1.82, 2.24) is 0 Å². The lowest BCUT2D eigenvalue weighted by atomic mass is 10.1. The molecule has 0 aliphatic heterocycles. The molecule has 2 aromatic carbocycles. The number of nitriles is 1. The van der Waals surface area contributed by atoms with E-state index >= 15 is 0 Å². The summed E-state index contributed by atoms with van der Waals surface area (Å²) in [7, 11) is 0. The molecule has 2 N–H and O–H groups in total. The Balaban J connectivity index is 2.18. The number of benzene rings is 2. The van der Waals surface area contributed by atoms with Gasteiger partial charge in [0.15, 0.2) is 6.61 Å². The zero-order valence-electron chi connectivity index (χ0n) is 13.8. The molecule has 2 rings (SSSR count). The number of aliphatic carboxylic acids is 1. The second kappa shape index (κ2) is 8.77. The average Bonchev–Trinajstić information content (AvgIpc) is 2.65. The summed E-state index contributed by atoms with van der Waals surface area (Å²) >= 11 is 0. The number of nitro groups is 1. The Morgan fingerprint density at radius 3 is 2.67 bits per heavy atom. The number of hydrogen-bond acceptors (Lipinski definition) is 6. The number of ether oxygens (including phenoxy) is 1. The Morgan fingerprint density at radius 1 is 1.26 bits per heavy atom. The summed E-state index contributed by atoms with van der Waals surface area (Å²) in [6, 6.07) is 13.3. The van der Waals surface area contributed by atoms with Gasteiger partial charge < -0.3 is 15.2 Å². The lowest BCUT2D eigenvalue weighted by molar-refractivity contribution is -0.384. The van der Waals surface area contributed by atoms with E-state index in [9.17, 15) is 25.0 Å². The lowest BCUT2D eigenvalue weighted by Crippen LogP contribution is -2.13. The number of hydrogen-bond donors (Lipinski definition) is 2. The van der Waals surface area contributed by atoms with Crippen LogP contribution < -0.4 is 10.1 Å². The maximum absolute atomic E-state index is 12.2. The zero-order chi connectivity index (χ0) is 19.8. The largest absolute Gasteiger partial charge is 0.482 e. The normalized spacial score (nSPS) is 10.6. The number of anilines is 1. The van der Waals surface area contributed by atoms with Crippen molar-refractivity contribution in [3.05, 3.63) is 69.8 Å². The van der Waals surface area contributed by atoms with E-state index in [1.165, 1.54) is 42.5 Å². The molecule has 0 unspecified atom stereocenters. The number of carbonyl (C=O) groups excluding carboxylic acids is 1. The molecule has 27 heavy (non-hydrogen) atoms. The monoisotopic (exact) mass is 367 g/mol. The number of non-ortho nitro benzene ring substituents is 1. The van der Waals surface area contributed by atoms with Crippen molar-refractivity contribution in [2.24, 2.45) is 0 Å². The quantitative estimate of drug-likeness (QED) is 0.331. The fourth-order valence-electron chi connectivity index (χ4n) is 2.05. The molecule has 9 nitrogen and oxygen atoms in total. The molecule has 136 valence electrons. The van der Waals surface area contributed by atoms with E-state index in [0.717, 1.165) is 0 Å². The number of carboxylic acids is 1. The van der Waals surface area contributed by atoms with Crippen LogP contribution in [-0.4, -0.2) is 28.5 Å². The molecule has 0 atom stereocenters. The molecule has 0 bridgehead atoms. The molecule has 0 heterocycles. The first-order valence-electron chi connectivity index (χ1n) is 7.51. The van der Waals surface area contributed by atoms with E-state index < -0.39 is 23.4 Å². The third-order valence-electron chi connectivity index (χ3n) is 3.21. The molecule has 0 aromatic heterocycles. The molecule has 0 aliphatic rings. The zero-order valence-corrected chi connectivity index (χ0v) is 13.8. The van der Waals surface area contributed by atoms with Gasteiger partial charge in [-0.05, 0) is 29.8 Å². The van der Waals surface area contributed by atoms with Gasteiger partial charge in [0.2, 0.25) is 0 Å². The van der Waals surface area contributed by atoms with Gasteiger partial charge in [0.25, 0.3) is 11.6 Å². The van der Waals surface area contributed by atoms with Crippen LogP contribution >= 0.6 is 0 Å². The number of carbonyl (C=O) groups is 2. The van der Waals surface area contributed by atoms with Crippen LogP contribution in [0, 0.1) is 21.4 Å². The Morgan fingerprint density at radius 2 is 2.00 bits per heavy atom. The summed E-state index contributed by atoms with van der Waals surface area (Å²) in [5.41, 5.74) is 0.188. The number of nitrogens with zero attached hydrogens (tertiary/aromatic N) is 2. The summed E-state index contributed by atoms with van der Waals surface area (Å²) < 4.78 is 5.04. The Kier molecular flexibility index (Phi) is 6.22. The van der Waals surface area contributed by atoms with E-state index in [1.54, 1.807) is 18.2 Å². The second-order valence-corrected chi connectivity index (χ2v) is 5.19. The number of rotatable bonds is 7. The minimum Gasteiger partial charge on any atom is -0.482 e. The lowest BCUT2D eigenvalue weighted by Gasteiger charge is -2.06. The summed E-state index contributed by atoms with van der Waals surface area (Å²) in [5, 5.41) is 31.0. The van der Waals surface area contributed by atoms with E-state index in [1.807, 2.05) is 0 Å². The standard InChI is InChI=1S/C18H13N3O6/c19-10-13(7-12-3-1-6-16(8-12)27-11-17(22)23)18(24)20-14-4-2-5-15(9-14)21(25)26/h1-9H,11H2,(H,20,24)(H,22,23)/b13-7+. The summed E-state index contributed by atoms with van der Waals surface area (Å²) in [6.45, 7) is -0.522. The van der Waals surface area contributed by atoms with Gasteiger partial charge in [-0.15, -0.1) is 0 Å². The minimum atomic E-state index is -1.13. The number of nitrogens with one attached hydrogen (secondary N) is 1. The highest BCUT2D eigenvalue weighted by Crippen LogP contribution is 2.19. The van der Waals surface area contributed by atoms with Crippen LogP contribution in [0.4, 0.5) is 11.4 Å². The molecular weight excluding hydrogens is 354 g/mol. The highest BCUT2D eigenvalue weighted by atomic mass is 16.6. The van der Waals surface area contributed by atoms with Crippen molar-refractivity contribution in [3.63, 3.8) is 0 Å². The molecule has 0 saturated carbocycles. The Labute approximate surface area is 153 Å². The molecule has 0 fully saturated rings. The average molecular weight is 367 g/mol. The Bertz CT molecular complexity index is 962. The molecule has 0 saturated heterocycles. The van der Waals surface area contributed by atoms with Crippen molar-refractivity contribution in [3.8, 4) is 11.8 Å². The first-order valence-corrected chi connectivity index (χ1v) is 7.51. The summed E-state index contributed by atoms with van der Waals surface area (Å²) in [4.78, 5) is 33.0. The fourth-order valence-corrected chi connectivity index (χ4v) is 2.05. The number of nitro benzene ring substituents is 1. The summed E-state index contributed by atoms with van der Waals surface area (Å²) in [5.74, 6) is -1.61. The maximum Gasteiger partial charge on any atom is 0.341 e. The second-order valence-electron chi connectivity index (χ2n) is 5.19. The fraction of sp³-hybridized carbons (Fsp3) is 0.0556. The van der Waals surface area contributed by atoms with Gasteiger partial charge in [0.05, 0.1) is 4.92 Å². The van der Waals surface area contributed by atoms with Crippen LogP contribution in [0.15, 0.2) is 54.1 Å². The maximum atomic E-state index is 12.2. The van der Waals surface area contributed by atoms with Crippen LogP contribution in [0.1, 0.15) is 5.56 Å². The van der Waals surface area contributed by atoms with Gasteiger partial charge in [0.1, 0.15) is 17.4 Å².